The molecule has 9 nitrogen and oxygen atoms in total. The molecule has 0 saturated carbocycles. The monoisotopic (exact) mass is 628 g/mol. The van der Waals surface area contributed by atoms with Crippen LogP contribution in [0, 0.1) is 11.1 Å². The highest BCUT2D eigenvalue weighted by Gasteiger charge is 2.38. The number of aliphatic carboxylic acids is 1. The molecule has 1 amide bonds. The van der Waals surface area contributed by atoms with Crippen LogP contribution in [0.5, 0.6) is 0 Å². The smallest absolute Gasteiger partial charge is 0.303 e. The Morgan fingerprint density at radius 3 is 2.33 bits per heavy atom. The van der Waals surface area contributed by atoms with Crippen molar-refractivity contribution >= 4 is 23.6 Å². The van der Waals surface area contributed by atoms with Crippen LogP contribution in [0.4, 0.5) is 0 Å². The van der Waals surface area contributed by atoms with Crippen LogP contribution in [-0.4, -0.2) is 33.9 Å². The summed E-state index contributed by atoms with van der Waals surface area (Å²) in [5.74, 6) is -0.778. The second kappa shape index (κ2) is 15.2. The predicted octanol–water partition coefficient (Wildman–Crippen LogP) is 5.54. The molecule has 234 valence electrons. The van der Waals surface area contributed by atoms with Gasteiger partial charge in [0.25, 0.3) is 5.03 Å². The molecule has 45 heavy (non-hydrogen) atoms. The Bertz CT molecular complexity index is 1600. The molecule has 0 radical (unpaired) electrons. The fourth-order valence-corrected chi connectivity index (χ4v) is 6.36. The van der Waals surface area contributed by atoms with Crippen molar-refractivity contribution in [2.75, 3.05) is 5.75 Å². The summed E-state index contributed by atoms with van der Waals surface area (Å²) in [4.78, 5) is 22.9. The first-order valence-electron chi connectivity index (χ1n) is 14.8. The third kappa shape index (κ3) is 8.29. The first-order valence-corrected chi connectivity index (χ1v) is 15.8. The lowest BCUT2D eigenvalue weighted by atomic mass is 9.91. The zero-order valence-electron chi connectivity index (χ0n) is 24.9. The minimum atomic E-state index is -1.01. The average Bonchev–Trinajstić information content (AvgIpc) is 3.07. The number of carboxylic acids is 1. The molecule has 4 aromatic rings. The van der Waals surface area contributed by atoms with Crippen LogP contribution in [0.3, 0.4) is 0 Å². The molecule has 0 bridgehead atoms. The minimum absolute atomic E-state index is 0.0191. The van der Waals surface area contributed by atoms with Gasteiger partial charge in [0.15, 0.2) is 12.5 Å². The molecule has 0 aliphatic carbocycles. The Balaban J connectivity index is 1.35. The minimum Gasteiger partial charge on any atom is -0.618 e. The number of amides is 1. The van der Waals surface area contributed by atoms with Crippen LogP contribution >= 0.6 is 11.8 Å². The highest BCUT2D eigenvalue weighted by molar-refractivity contribution is 7.99. The Morgan fingerprint density at radius 2 is 1.62 bits per heavy atom. The topological polar surface area (TPSA) is 132 Å². The molecule has 1 aliphatic heterocycles. The van der Waals surface area contributed by atoms with Crippen molar-refractivity contribution in [1.82, 2.24) is 5.32 Å². The van der Waals surface area contributed by atoms with Crippen LogP contribution in [0.2, 0.25) is 0 Å². The van der Waals surface area contributed by atoms with E-state index in [4.69, 9.17) is 14.6 Å². The van der Waals surface area contributed by atoms with Gasteiger partial charge in [-0.3, -0.25) is 9.59 Å². The van der Waals surface area contributed by atoms with Crippen LogP contribution in [0.25, 0.3) is 11.1 Å². The largest absolute Gasteiger partial charge is 0.618 e. The Morgan fingerprint density at radius 1 is 0.911 bits per heavy atom. The fraction of sp³-hybridized carbons (Fsp3) is 0.286. The first kappa shape index (κ1) is 32.2. The van der Waals surface area contributed by atoms with E-state index in [1.54, 1.807) is 12.1 Å². The van der Waals surface area contributed by atoms with Crippen molar-refractivity contribution in [2.45, 2.75) is 56.4 Å². The number of nitrogens with zero attached hydrogens (tertiary/aromatic N) is 1. The molecule has 2 heterocycles. The molecular formula is C35H36N2O7S. The molecule has 0 spiro atoms. The maximum absolute atomic E-state index is 12.3. The Kier molecular flexibility index (Phi) is 10.9. The highest BCUT2D eigenvalue weighted by Crippen LogP contribution is 2.43. The van der Waals surface area contributed by atoms with Gasteiger partial charge in [-0.05, 0) is 33.9 Å². The number of thioether (sulfide) groups is 1. The summed E-state index contributed by atoms with van der Waals surface area (Å²) in [5.41, 5.74) is 5.46. The van der Waals surface area contributed by atoms with E-state index in [-0.39, 0.29) is 50.0 Å². The molecule has 0 unspecified atom stereocenters. The third-order valence-corrected chi connectivity index (χ3v) is 8.97. The second-order valence-electron chi connectivity index (χ2n) is 10.9. The van der Waals surface area contributed by atoms with E-state index < -0.39 is 12.3 Å². The fourth-order valence-electron chi connectivity index (χ4n) is 5.28. The number of pyridine rings is 1. The second-order valence-corrected chi connectivity index (χ2v) is 12.0. The number of rotatable bonds is 12. The number of aromatic nitrogens is 1. The summed E-state index contributed by atoms with van der Waals surface area (Å²) in [6.45, 7) is 2.33. The van der Waals surface area contributed by atoms with Crippen molar-refractivity contribution in [3.05, 3.63) is 125 Å². The van der Waals surface area contributed by atoms with Gasteiger partial charge < -0.3 is 30.2 Å². The van der Waals surface area contributed by atoms with E-state index in [1.807, 2.05) is 78.9 Å². The van der Waals surface area contributed by atoms with Gasteiger partial charge >= 0.3 is 5.97 Å². The van der Waals surface area contributed by atoms with E-state index in [9.17, 15) is 19.9 Å². The number of ether oxygens (including phenoxy) is 2. The lowest BCUT2D eigenvalue weighted by Crippen LogP contribution is -2.39. The van der Waals surface area contributed by atoms with Crippen LogP contribution in [0.1, 0.15) is 54.4 Å². The van der Waals surface area contributed by atoms with Gasteiger partial charge in [0.2, 0.25) is 5.91 Å². The maximum atomic E-state index is 12.3. The SMILES string of the molecule is C[C@H]1[C@@H](CSc2cccc[n+]2[O-])O[C@@H](c2ccc(-c3ccccc3CNC(=O)CCC(=O)O)cc2)O[C@H]1c1ccc(CO)cc1. The van der Waals surface area contributed by atoms with E-state index in [2.05, 4.69) is 12.2 Å². The van der Waals surface area contributed by atoms with E-state index in [0.717, 1.165) is 38.1 Å². The summed E-state index contributed by atoms with van der Waals surface area (Å²) in [6, 6.07) is 28.7. The summed E-state index contributed by atoms with van der Waals surface area (Å²) in [7, 11) is 0. The standard InChI is InChI=1S/C35H36N2O7S/c1-23-30(22-45-32-8-4-5-19-37(32)42)43-35(44-34(23)26-11-9-24(21-38)10-12-26)27-15-13-25(14-16-27)29-7-3-2-6-28(29)20-36-31(39)17-18-33(40)41/h2-16,19,23,30,34-35,38H,17-18,20-22H2,1H3,(H,36,39)(H,40,41)/t23-,30+,34+,35+/m0/s1. The lowest BCUT2D eigenvalue weighted by molar-refractivity contribution is -0.645. The number of carboxylic acid groups (broad SMARTS) is 1. The van der Waals surface area contributed by atoms with Crippen molar-refractivity contribution in [1.29, 1.82) is 0 Å². The van der Waals surface area contributed by atoms with Crippen LogP contribution < -0.4 is 10.0 Å². The number of carbonyl (C=O) groups is 2. The molecule has 1 aromatic heterocycles. The quantitative estimate of drug-likeness (QED) is 0.106. The van der Waals surface area contributed by atoms with Gasteiger partial charge in [-0.1, -0.05) is 91.5 Å². The number of benzene rings is 3. The molecule has 4 atom stereocenters. The number of aliphatic hydroxyl groups excluding tert-OH is 1. The van der Waals surface area contributed by atoms with Gasteiger partial charge in [0.05, 0.1) is 25.2 Å². The first-order chi connectivity index (χ1) is 21.8. The summed E-state index contributed by atoms with van der Waals surface area (Å²) < 4.78 is 14.0. The van der Waals surface area contributed by atoms with Crippen LogP contribution in [0.15, 0.2) is 102 Å². The number of hydrogen-bond donors (Lipinski definition) is 3. The zero-order chi connectivity index (χ0) is 31.8. The van der Waals surface area contributed by atoms with Gasteiger partial charge in [0.1, 0.15) is 0 Å². The normalized spacial score (nSPS) is 19.6. The van der Waals surface area contributed by atoms with Crippen molar-refractivity contribution in [3.63, 3.8) is 0 Å². The predicted molar refractivity (Wildman–Crippen MR) is 170 cm³/mol. The maximum Gasteiger partial charge on any atom is 0.303 e. The van der Waals surface area contributed by atoms with Crippen LogP contribution in [-0.2, 0) is 32.2 Å². The Hall–Kier alpha value is -4.22. The molecular weight excluding hydrogens is 592 g/mol. The molecule has 1 fully saturated rings. The van der Waals surface area contributed by atoms with E-state index >= 15 is 0 Å². The molecule has 5 rings (SSSR count). The Labute approximate surface area is 266 Å². The van der Waals surface area contributed by atoms with Crippen molar-refractivity contribution < 1.29 is 34.0 Å². The van der Waals surface area contributed by atoms with E-state index in [0.29, 0.717) is 10.8 Å². The zero-order valence-corrected chi connectivity index (χ0v) is 25.7. The summed E-state index contributed by atoms with van der Waals surface area (Å²) in [5, 5.41) is 34.0. The summed E-state index contributed by atoms with van der Waals surface area (Å²) >= 11 is 1.45. The number of aliphatic hydroxyl groups is 1. The average molecular weight is 629 g/mol. The van der Waals surface area contributed by atoms with Gasteiger partial charge in [-0.25, -0.2) is 0 Å². The molecule has 3 N–H and O–H groups in total. The third-order valence-electron chi connectivity index (χ3n) is 7.86. The molecule has 3 aromatic carbocycles. The van der Waals surface area contributed by atoms with Gasteiger partial charge in [-0.15, -0.1) is 0 Å². The number of nitrogens with one attached hydrogen (secondary N) is 1. The number of hydrogen-bond acceptors (Lipinski definition) is 7. The van der Waals surface area contributed by atoms with Gasteiger partial charge in [-0.2, -0.15) is 4.73 Å². The molecule has 1 saturated heterocycles. The van der Waals surface area contributed by atoms with Gasteiger partial charge in [0, 0.05) is 42.3 Å². The lowest BCUT2D eigenvalue weighted by Gasteiger charge is -2.41. The van der Waals surface area contributed by atoms with Crippen molar-refractivity contribution in [2.24, 2.45) is 5.92 Å². The molecule has 1 aliphatic rings. The van der Waals surface area contributed by atoms with Crippen molar-refractivity contribution in [3.8, 4) is 11.1 Å². The highest BCUT2D eigenvalue weighted by atomic mass is 32.2. The summed E-state index contributed by atoms with van der Waals surface area (Å²) in [6.07, 6.45) is 0.0582. The number of carbonyl (C=O) groups excluding carboxylic acids is 1. The van der Waals surface area contributed by atoms with E-state index in [1.165, 1.54) is 18.0 Å². The molecule has 10 heteroatoms.